The van der Waals surface area contributed by atoms with Gasteiger partial charge in [-0.15, -0.1) is 0 Å². The fourth-order valence-corrected chi connectivity index (χ4v) is 3.21. The molecule has 0 heterocycles. The topological polar surface area (TPSA) is 63.4 Å². The van der Waals surface area contributed by atoms with Crippen LogP contribution in [-0.2, 0) is 16.4 Å². The fraction of sp³-hybridized carbons (Fsp3) is 0.600. The first-order chi connectivity index (χ1) is 9.28. The molecule has 5 heteroatoms. The summed E-state index contributed by atoms with van der Waals surface area (Å²) < 4.78 is 26.1. The maximum Gasteiger partial charge on any atom is 0.243 e. The lowest BCUT2D eigenvalue weighted by Crippen LogP contribution is -2.39. The Morgan fingerprint density at radius 1 is 1.15 bits per heavy atom. The van der Waals surface area contributed by atoms with Crippen LogP contribution in [0.3, 0.4) is 0 Å². The van der Waals surface area contributed by atoms with Gasteiger partial charge in [0.15, 0.2) is 0 Å². The van der Waals surface area contributed by atoms with Crippen molar-refractivity contribution in [3.8, 4) is 0 Å². The molecule has 20 heavy (non-hydrogen) atoms. The summed E-state index contributed by atoms with van der Waals surface area (Å²) in [6.07, 6.45) is 2.09. The summed E-state index contributed by atoms with van der Waals surface area (Å²) in [7, 11) is -1.88. The number of likely N-dealkylation sites (N-methyl/N-ethyl adjacent to an activating group) is 1. The second-order valence-electron chi connectivity index (χ2n) is 5.68. The van der Waals surface area contributed by atoms with Gasteiger partial charge >= 0.3 is 0 Å². The normalized spacial score (nSPS) is 13.9. The summed E-state index contributed by atoms with van der Waals surface area (Å²) in [5.41, 5.74) is 6.71. The van der Waals surface area contributed by atoms with Gasteiger partial charge in [-0.1, -0.05) is 26.0 Å². The van der Waals surface area contributed by atoms with Gasteiger partial charge < -0.3 is 5.73 Å². The Balaban J connectivity index is 2.87. The molecule has 1 atom stereocenters. The van der Waals surface area contributed by atoms with E-state index < -0.39 is 10.0 Å². The van der Waals surface area contributed by atoms with E-state index in [1.165, 1.54) is 9.87 Å². The predicted molar refractivity (Wildman–Crippen MR) is 83.1 cm³/mol. The molecule has 0 aliphatic rings. The summed E-state index contributed by atoms with van der Waals surface area (Å²) in [5, 5.41) is 0. The van der Waals surface area contributed by atoms with Gasteiger partial charge in [-0.2, -0.15) is 4.31 Å². The van der Waals surface area contributed by atoms with E-state index in [2.05, 4.69) is 13.8 Å². The zero-order chi connectivity index (χ0) is 15.3. The lowest BCUT2D eigenvalue weighted by Gasteiger charge is -2.23. The van der Waals surface area contributed by atoms with Crippen molar-refractivity contribution in [3.05, 3.63) is 29.8 Å². The van der Waals surface area contributed by atoms with E-state index in [1.807, 2.05) is 12.1 Å². The summed E-state index contributed by atoms with van der Waals surface area (Å²) in [6.45, 7) is 6.47. The average Bonchev–Trinajstić information content (AvgIpc) is 2.43. The summed E-state index contributed by atoms with van der Waals surface area (Å²) in [5.74, 6) is 0.648. The number of hydrogen-bond acceptors (Lipinski definition) is 3. The largest absolute Gasteiger partial charge is 0.329 e. The number of benzene rings is 1. The molecule has 1 aromatic rings. The van der Waals surface area contributed by atoms with Crippen LogP contribution in [0.15, 0.2) is 29.2 Å². The van der Waals surface area contributed by atoms with Crippen LogP contribution in [0.2, 0.25) is 0 Å². The molecule has 0 fully saturated rings. The Bertz CT molecular complexity index is 509. The van der Waals surface area contributed by atoms with E-state index in [0.29, 0.717) is 17.4 Å². The Morgan fingerprint density at radius 3 is 2.15 bits per heavy atom. The monoisotopic (exact) mass is 298 g/mol. The molecule has 0 radical (unpaired) electrons. The minimum Gasteiger partial charge on any atom is -0.329 e. The standard InChI is InChI=1S/C15H26N2O2S/c1-12(2)5-6-14-7-9-15(10-8-14)20(18,19)17(4)13(3)11-16/h7-10,12-13H,5-6,11,16H2,1-4H3. The molecule has 0 saturated carbocycles. The third-order valence-corrected chi connectivity index (χ3v) is 5.56. The number of rotatable bonds is 7. The smallest absolute Gasteiger partial charge is 0.243 e. The second-order valence-corrected chi connectivity index (χ2v) is 7.68. The molecule has 0 amide bonds. The molecule has 0 bridgehead atoms. The van der Waals surface area contributed by atoms with E-state index in [4.69, 9.17) is 5.73 Å². The van der Waals surface area contributed by atoms with Crippen LogP contribution in [-0.4, -0.2) is 32.4 Å². The number of nitrogens with two attached hydrogens (primary N) is 1. The van der Waals surface area contributed by atoms with Crippen LogP contribution in [0.25, 0.3) is 0 Å². The molecule has 0 aliphatic heterocycles. The SMILES string of the molecule is CC(C)CCc1ccc(S(=O)(=O)N(C)C(C)CN)cc1. The molecule has 1 rings (SSSR count). The van der Waals surface area contributed by atoms with Gasteiger partial charge in [0.1, 0.15) is 0 Å². The number of nitrogens with zero attached hydrogens (tertiary/aromatic N) is 1. The van der Waals surface area contributed by atoms with Crippen LogP contribution in [0, 0.1) is 5.92 Å². The van der Waals surface area contributed by atoms with Crippen molar-refractivity contribution in [2.75, 3.05) is 13.6 Å². The average molecular weight is 298 g/mol. The highest BCUT2D eigenvalue weighted by molar-refractivity contribution is 7.89. The lowest BCUT2D eigenvalue weighted by molar-refractivity contribution is 0.394. The van der Waals surface area contributed by atoms with Crippen LogP contribution in [0.5, 0.6) is 0 Å². The maximum absolute atomic E-state index is 12.4. The van der Waals surface area contributed by atoms with E-state index in [1.54, 1.807) is 26.1 Å². The lowest BCUT2D eigenvalue weighted by atomic mass is 10.0. The van der Waals surface area contributed by atoms with Gasteiger partial charge in [-0.05, 0) is 43.4 Å². The van der Waals surface area contributed by atoms with Crippen molar-refractivity contribution in [1.82, 2.24) is 4.31 Å². The molecule has 1 aromatic carbocycles. The molecule has 114 valence electrons. The highest BCUT2D eigenvalue weighted by atomic mass is 32.2. The highest BCUT2D eigenvalue weighted by Gasteiger charge is 2.24. The number of sulfonamides is 1. The molecular formula is C15H26N2O2S. The van der Waals surface area contributed by atoms with Gasteiger partial charge in [0.2, 0.25) is 10.0 Å². The van der Waals surface area contributed by atoms with Gasteiger partial charge in [0.25, 0.3) is 0 Å². The summed E-state index contributed by atoms with van der Waals surface area (Å²) in [4.78, 5) is 0.327. The van der Waals surface area contributed by atoms with Gasteiger partial charge in [0, 0.05) is 19.6 Å². The summed E-state index contributed by atoms with van der Waals surface area (Å²) in [6, 6.07) is 6.96. The molecule has 1 unspecified atom stereocenters. The number of aryl methyl sites for hydroxylation is 1. The first-order valence-corrected chi connectivity index (χ1v) is 8.50. The third kappa shape index (κ3) is 4.30. The van der Waals surface area contributed by atoms with Crippen molar-refractivity contribution < 1.29 is 8.42 Å². The molecule has 4 nitrogen and oxygen atoms in total. The molecule has 0 aliphatic carbocycles. The van der Waals surface area contributed by atoms with Crippen molar-refractivity contribution >= 4 is 10.0 Å². The first kappa shape index (κ1) is 17.1. The van der Waals surface area contributed by atoms with Crippen molar-refractivity contribution in [2.45, 2.75) is 44.6 Å². The van der Waals surface area contributed by atoms with Crippen molar-refractivity contribution in [3.63, 3.8) is 0 Å². The minimum absolute atomic E-state index is 0.208. The quantitative estimate of drug-likeness (QED) is 0.839. The van der Waals surface area contributed by atoms with E-state index in [-0.39, 0.29) is 6.04 Å². The van der Waals surface area contributed by atoms with Crippen LogP contribution in [0.1, 0.15) is 32.8 Å². The Labute approximate surface area is 123 Å². The van der Waals surface area contributed by atoms with Gasteiger partial charge in [-0.25, -0.2) is 8.42 Å². The highest BCUT2D eigenvalue weighted by Crippen LogP contribution is 2.18. The van der Waals surface area contributed by atoms with Crippen molar-refractivity contribution in [1.29, 1.82) is 0 Å². The first-order valence-electron chi connectivity index (χ1n) is 7.06. The van der Waals surface area contributed by atoms with Crippen LogP contribution < -0.4 is 5.73 Å². The van der Waals surface area contributed by atoms with E-state index in [0.717, 1.165) is 12.8 Å². The van der Waals surface area contributed by atoms with Crippen LogP contribution >= 0.6 is 0 Å². The minimum atomic E-state index is -3.45. The van der Waals surface area contributed by atoms with Gasteiger partial charge in [0.05, 0.1) is 4.90 Å². The van der Waals surface area contributed by atoms with Crippen molar-refractivity contribution in [2.24, 2.45) is 11.7 Å². The molecule has 2 N–H and O–H groups in total. The summed E-state index contributed by atoms with van der Waals surface area (Å²) >= 11 is 0. The Kier molecular flexibility index (Phi) is 6.17. The van der Waals surface area contributed by atoms with E-state index in [9.17, 15) is 8.42 Å². The van der Waals surface area contributed by atoms with Crippen LogP contribution in [0.4, 0.5) is 0 Å². The molecule has 0 spiro atoms. The molecule has 0 saturated heterocycles. The zero-order valence-electron chi connectivity index (χ0n) is 12.8. The third-order valence-electron chi connectivity index (χ3n) is 3.57. The van der Waals surface area contributed by atoms with E-state index >= 15 is 0 Å². The predicted octanol–water partition coefficient (Wildman–Crippen LogP) is 2.24. The fourth-order valence-electron chi connectivity index (χ4n) is 1.84. The molecule has 0 aromatic heterocycles. The maximum atomic E-state index is 12.4. The number of hydrogen-bond donors (Lipinski definition) is 1. The Hall–Kier alpha value is -0.910. The second kappa shape index (κ2) is 7.20. The Morgan fingerprint density at radius 2 is 1.70 bits per heavy atom. The molecular weight excluding hydrogens is 272 g/mol. The van der Waals surface area contributed by atoms with Gasteiger partial charge in [-0.3, -0.25) is 0 Å². The zero-order valence-corrected chi connectivity index (χ0v) is 13.7.